The summed E-state index contributed by atoms with van der Waals surface area (Å²) < 4.78 is 11.2. The van der Waals surface area contributed by atoms with Gasteiger partial charge in [-0.15, -0.1) is 0 Å². The van der Waals surface area contributed by atoms with Crippen LogP contribution in [0.15, 0.2) is 46.9 Å². The summed E-state index contributed by atoms with van der Waals surface area (Å²) in [6.45, 7) is 5.17. The summed E-state index contributed by atoms with van der Waals surface area (Å²) in [5.41, 5.74) is 0.732. The first-order chi connectivity index (χ1) is 13.5. The number of ether oxygens (including phenoxy) is 1. The average molecular weight is 385 g/mol. The molecule has 1 aliphatic rings. The van der Waals surface area contributed by atoms with Crippen molar-refractivity contribution in [2.75, 3.05) is 32.8 Å². The molecule has 28 heavy (non-hydrogen) atoms. The number of nitro benzene ring substituents is 1. The highest BCUT2D eigenvalue weighted by Crippen LogP contribution is 2.23. The molecule has 1 N–H and O–H groups in total. The number of nitrogens with zero attached hydrogens (tertiary/aromatic N) is 2. The third-order valence-electron chi connectivity index (χ3n) is 4.58. The number of hydrogen-bond donors (Lipinski definition) is 1. The van der Waals surface area contributed by atoms with E-state index in [1.54, 1.807) is 18.2 Å². The Kier molecular flexibility index (Phi) is 6.57. The van der Waals surface area contributed by atoms with Crippen LogP contribution in [0.5, 0.6) is 0 Å². The Bertz CT molecular complexity index is 838. The Morgan fingerprint density at radius 1 is 1.25 bits per heavy atom. The summed E-state index contributed by atoms with van der Waals surface area (Å²) in [4.78, 5) is 24.7. The van der Waals surface area contributed by atoms with Crippen LogP contribution in [0.3, 0.4) is 0 Å². The highest BCUT2D eigenvalue weighted by molar-refractivity contribution is 5.91. The summed E-state index contributed by atoms with van der Waals surface area (Å²) >= 11 is 0. The fraction of sp³-hybridized carbons (Fsp3) is 0.350. The number of non-ortho nitro benzene ring substituents is 1. The van der Waals surface area contributed by atoms with E-state index in [0.717, 1.165) is 24.6 Å². The van der Waals surface area contributed by atoms with Gasteiger partial charge in [0.25, 0.3) is 5.69 Å². The SMILES string of the molecule is Cc1ccc(C(CNC(=O)/C=C/c2ccc([N+](=O)[O-])cc2)N2CCOCC2)o1. The van der Waals surface area contributed by atoms with Gasteiger partial charge in [0.05, 0.1) is 24.2 Å². The molecule has 0 saturated carbocycles. The molecule has 148 valence electrons. The van der Waals surface area contributed by atoms with Crippen molar-refractivity contribution in [2.45, 2.75) is 13.0 Å². The van der Waals surface area contributed by atoms with E-state index in [0.29, 0.717) is 25.3 Å². The fourth-order valence-electron chi connectivity index (χ4n) is 3.07. The maximum atomic E-state index is 12.2. The highest BCUT2D eigenvalue weighted by Gasteiger charge is 2.25. The summed E-state index contributed by atoms with van der Waals surface area (Å²) in [6, 6.07) is 9.81. The van der Waals surface area contributed by atoms with Crippen molar-refractivity contribution in [1.82, 2.24) is 10.2 Å². The van der Waals surface area contributed by atoms with Gasteiger partial charge in [0, 0.05) is 37.8 Å². The topological polar surface area (TPSA) is 97.8 Å². The molecule has 1 aliphatic heterocycles. The molecule has 0 spiro atoms. The molecule has 2 heterocycles. The number of hydrogen-bond acceptors (Lipinski definition) is 6. The second kappa shape index (κ2) is 9.29. The number of nitro groups is 1. The molecule has 0 bridgehead atoms. The molecule has 0 radical (unpaired) electrons. The van der Waals surface area contributed by atoms with Crippen molar-refractivity contribution in [3.05, 3.63) is 69.7 Å². The van der Waals surface area contributed by atoms with Crippen LogP contribution in [0.4, 0.5) is 5.69 Å². The standard InChI is InChI=1S/C20H23N3O5/c1-15-2-8-19(28-15)18(22-10-12-27-13-11-22)14-21-20(24)9-5-16-3-6-17(7-4-16)23(25)26/h2-9,18H,10-14H2,1H3,(H,21,24)/b9-5+. The van der Waals surface area contributed by atoms with Crippen molar-refractivity contribution < 1.29 is 18.9 Å². The Morgan fingerprint density at radius 3 is 2.57 bits per heavy atom. The molecule has 1 atom stereocenters. The van der Waals surface area contributed by atoms with E-state index in [2.05, 4.69) is 10.2 Å². The van der Waals surface area contributed by atoms with Crippen LogP contribution in [-0.2, 0) is 9.53 Å². The third-order valence-corrected chi connectivity index (χ3v) is 4.58. The van der Waals surface area contributed by atoms with Gasteiger partial charge >= 0.3 is 0 Å². The van der Waals surface area contributed by atoms with Gasteiger partial charge in [-0.2, -0.15) is 0 Å². The fourth-order valence-corrected chi connectivity index (χ4v) is 3.07. The smallest absolute Gasteiger partial charge is 0.269 e. The van der Waals surface area contributed by atoms with Gasteiger partial charge in [-0.3, -0.25) is 19.8 Å². The lowest BCUT2D eigenvalue weighted by Gasteiger charge is -2.33. The predicted octanol–water partition coefficient (Wildman–Crippen LogP) is 2.70. The summed E-state index contributed by atoms with van der Waals surface area (Å²) in [5, 5.41) is 13.6. The van der Waals surface area contributed by atoms with E-state index >= 15 is 0 Å². The molecule has 1 saturated heterocycles. The molecule has 8 nitrogen and oxygen atoms in total. The van der Waals surface area contributed by atoms with Crippen molar-refractivity contribution >= 4 is 17.7 Å². The van der Waals surface area contributed by atoms with Crippen molar-refractivity contribution in [1.29, 1.82) is 0 Å². The van der Waals surface area contributed by atoms with Gasteiger partial charge < -0.3 is 14.5 Å². The molecule has 1 aromatic carbocycles. The summed E-state index contributed by atoms with van der Waals surface area (Å²) in [6.07, 6.45) is 3.05. The number of amides is 1. The first-order valence-electron chi connectivity index (χ1n) is 9.11. The lowest BCUT2D eigenvalue weighted by Crippen LogP contribution is -2.43. The number of nitrogens with one attached hydrogen (secondary N) is 1. The Labute approximate surface area is 162 Å². The lowest BCUT2D eigenvalue weighted by atomic mass is 10.1. The molecule has 0 aliphatic carbocycles. The second-order valence-corrected chi connectivity index (χ2v) is 6.54. The van der Waals surface area contributed by atoms with Crippen molar-refractivity contribution in [2.24, 2.45) is 0 Å². The van der Waals surface area contributed by atoms with Gasteiger partial charge in [-0.25, -0.2) is 0 Å². The number of benzene rings is 1. The van der Waals surface area contributed by atoms with Gasteiger partial charge in [0.15, 0.2) is 0 Å². The van der Waals surface area contributed by atoms with Crippen LogP contribution >= 0.6 is 0 Å². The number of rotatable bonds is 7. The minimum Gasteiger partial charge on any atom is -0.465 e. The van der Waals surface area contributed by atoms with Crippen LogP contribution in [0.25, 0.3) is 6.08 Å². The van der Waals surface area contributed by atoms with Crippen LogP contribution in [0.2, 0.25) is 0 Å². The maximum Gasteiger partial charge on any atom is 0.269 e. The predicted molar refractivity (Wildman–Crippen MR) is 104 cm³/mol. The van der Waals surface area contributed by atoms with Gasteiger partial charge in [-0.1, -0.05) is 0 Å². The Balaban J connectivity index is 1.60. The van der Waals surface area contributed by atoms with Crippen LogP contribution in [-0.4, -0.2) is 48.6 Å². The summed E-state index contributed by atoms with van der Waals surface area (Å²) in [7, 11) is 0. The lowest BCUT2D eigenvalue weighted by molar-refractivity contribution is -0.384. The monoisotopic (exact) mass is 385 g/mol. The van der Waals surface area contributed by atoms with E-state index < -0.39 is 4.92 Å². The van der Waals surface area contributed by atoms with Gasteiger partial charge in [0.1, 0.15) is 11.5 Å². The molecule has 1 unspecified atom stereocenters. The first-order valence-corrected chi connectivity index (χ1v) is 9.11. The largest absolute Gasteiger partial charge is 0.465 e. The molecular formula is C20H23N3O5. The van der Waals surface area contributed by atoms with Gasteiger partial charge in [0.2, 0.25) is 5.91 Å². The highest BCUT2D eigenvalue weighted by atomic mass is 16.6. The van der Waals surface area contributed by atoms with Crippen molar-refractivity contribution in [3.8, 4) is 0 Å². The average Bonchev–Trinajstić information content (AvgIpc) is 3.13. The molecule has 2 aromatic rings. The van der Waals surface area contributed by atoms with Crippen molar-refractivity contribution in [3.63, 3.8) is 0 Å². The number of aryl methyl sites for hydroxylation is 1. The minimum absolute atomic E-state index is 0.0173. The zero-order valence-electron chi connectivity index (χ0n) is 15.7. The Hall–Kier alpha value is -2.97. The van der Waals surface area contributed by atoms with Gasteiger partial charge in [-0.05, 0) is 42.8 Å². The molecular weight excluding hydrogens is 362 g/mol. The summed E-state index contributed by atoms with van der Waals surface area (Å²) in [5.74, 6) is 1.41. The minimum atomic E-state index is -0.456. The molecule has 1 aromatic heterocycles. The number of carbonyl (C=O) groups excluding carboxylic acids is 1. The van der Waals surface area contributed by atoms with E-state index in [-0.39, 0.29) is 17.6 Å². The number of furan rings is 1. The van der Waals surface area contributed by atoms with E-state index in [4.69, 9.17) is 9.15 Å². The van der Waals surface area contributed by atoms with Crippen LogP contribution in [0, 0.1) is 17.0 Å². The quantitative estimate of drug-likeness (QED) is 0.447. The van der Waals surface area contributed by atoms with E-state index in [1.165, 1.54) is 18.2 Å². The number of morpholine rings is 1. The molecule has 1 fully saturated rings. The first kappa shape index (κ1) is 19.8. The van der Waals surface area contributed by atoms with Crippen LogP contribution < -0.4 is 5.32 Å². The maximum absolute atomic E-state index is 12.2. The van der Waals surface area contributed by atoms with E-state index in [1.807, 2.05) is 19.1 Å². The van der Waals surface area contributed by atoms with E-state index in [9.17, 15) is 14.9 Å². The molecule has 8 heteroatoms. The normalized spacial score (nSPS) is 16.2. The molecule has 1 amide bonds. The zero-order valence-corrected chi connectivity index (χ0v) is 15.7. The third kappa shape index (κ3) is 5.28. The number of carbonyl (C=O) groups is 1. The Morgan fingerprint density at radius 2 is 1.96 bits per heavy atom. The molecule has 3 rings (SSSR count). The van der Waals surface area contributed by atoms with Crippen LogP contribution in [0.1, 0.15) is 23.1 Å². The zero-order chi connectivity index (χ0) is 19.9. The second-order valence-electron chi connectivity index (χ2n) is 6.54.